The number of rotatable bonds is 5. The lowest BCUT2D eigenvalue weighted by Gasteiger charge is -2.22. The Labute approximate surface area is 106 Å². The number of benzene rings is 1. The molecule has 0 spiro atoms. The van der Waals surface area contributed by atoms with Gasteiger partial charge in [-0.25, -0.2) is 8.78 Å². The van der Waals surface area contributed by atoms with E-state index in [0.717, 1.165) is 6.07 Å². The first-order chi connectivity index (χ1) is 8.74. The molecular weight excluding hydrogens is 236 g/mol. The summed E-state index contributed by atoms with van der Waals surface area (Å²) in [6.45, 7) is 1.14. The molecular formula is C14H19F2NO. The van der Waals surface area contributed by atoms with Gasteiger partial charge in [-0.2, -0.15) is 0 Å². The third-order valence-electron chi connectivity index (χ3n) is 3.25. The van der Waals surface area contributed by atoms with Crippen LogP contribution in [0.15, 0.2) is 18.2 Å². The summed E-state index contributed by atoms with van der Waals surface area (Å²) < 4.78 is 31.1. The molecule has 0 atom stereocenters. The van der Waals surface area contributed by atoms with Crippen molar-refractivity contribution in [1.82, 2.24) is 5.32 Å². The SMILES string of the molecule is Fc1cc(F)cc(OCCNC2CCCCC2)c1. The van der Waals surface area contributed by atoms with E-state index in [1.807, 2.05) is 0 Å². The topological polar surface area (TPSA) is 21.3 Å². The minimum absolute atomic E-state index is 0.248. The highest BCUT2D eigenvalue weighted by atomic mass is 19.1. The van der Waals surface area contributed by atoms with Gasteiger partial charge in [-0.1, -0.05) is 19.3 Å². The van der Waals surface area contributed by atoms with E-state index in [0.29, 0.717) is 19.2 Å². The molecule has 0 aliphatic heterocycles. The van der Waals surface area contributed by atoms with Gasteiger partial charge in [0.2, 0.25) is 0 Å². The van der Waals surface area contributed by atoms with Crippen molar-refractivity contribution in [2.45, 2.75) is 38.1 Å². The molecule has 1 fully saturated rings. The number of halogens is 2. The molecule has 2 nitrogen and oxygen atoms in total. The Balaban J connectivity index is 1.68. The molecule has 1 N–H and O–H groups in total. The minimum Gasteiger partial charge on any atom is -0.492 e. The molecule has 0 bridgehead atoms. The zero-order chi connectivity index (χ0) is 12.8. The molecule has 0 unspecified atom stereocenters. The van der Waals surface area contributed by atoms with Crippen molar-refractivity contribution in [2.24, 2.45) is 0 Å². The Bertz CT molecular complexity index is 358. The molecule has 0 aromatic heterocycles. The van der Waals surface area contributed by atoms with Crippen LogP contribution in [0.1, 0.15) is 32.1 Å². The second kappa shape index (κ2) is 6.69. The van der Waals surface area contributed by atoms with Gasteiger partial charge in [-0.15, -0.1) is 0 Å². The van der Waals surface area contributed by atoms with Gasteiger partial charge in [-0.3, -0.25) is 0 Å². The van der Waals surface area contributed by atoms with Crippen LogP contribution in [-0.2, 0) is 0 Å². The van der Waals surface area contributed by atoms with E-state index in [2.05, 4.69) is 5.32 Å². The summed E-state index contributed by atoms with van der Waals surface area (Å²) in [5, 5.41) is 3.41. The third kappa shape index (κ3) is 4.26. The Morgan fingerprint density at radius 1 is 1.06 bits per heavy atom. The van der Waals surface area contributed by atoms with Crippen LogP contribution in [0.4, 0.5) is 8.78 Å². The minimum atomic E-state index is -0.606. The standard InChI is InChI=1S/C14H19F2NO/c15-11-8-12(16)10-14(9-11)18-7-6-17-13-4-2-1-3-5-13/h8-10,13,17H,1-7H2. The summed E-state index contributed by atoms with van der Waals surface area (Å²) >= 11 is 0. The van der Waals surface area contributed by atoms with Gasteiger partial charge < -0.3 is 10.1 Å². The normalized spacial score (nSPS) is 16.8. The Morgan fingerprint density at radius 3 is 2.39 bits per heavy atom. The lowest BCUT2D eigenvalue weighted by atomic mass is 9.96. The fourth-order valence-electron chi connectivity index (χ4n) is 2.35. The maximum atomic E-state index is 12.9. The smallest absolute Gasteiger partial charge is 0.129 e. The van der Waals surface area contributed by atoms with Gasteiger partial charge in [0.1, 0.15) is 24.0 Å². The summed E-state index contributed by atoms with van der Waals surface area (Å²) in [5.41, 5.74) is 0. The van der Waals surface area contributed by atoms with E-state index in [4.69, 9.17) is 4.74 Å². The van der Waals surface area contributed by atoms with Crippen molar-refractivity contribution < 1.29 is 13.5 Å². The number of nitrogens with one attached hydrogen (secondary N) is 1. The van der Waals surface area contributed by atoms with Crippen LogP contribution in [0.5, 0.6) is 5.75 Å². The lowest BCUT2D eigenvalue weighted by Crippen LogP contribution is -2.34. The first-order valence-electron chi connectivity index (χ1n) is 6.56. The highest BCUT2D eigenvalue weighted by Gasteiger charge is 2.11. The molecule has 4 heteroatoms. The summed E-state index contributed by atoms with van der Waals surface area (Å²) in [5.74, 6) is -0.964. The van der Waals surface area contributed by atoms with Crippen molar-refractivity contribution >= 4 is 0 Å². The van der Waals surface area contributed by atoms with Crippen LogP contribution in [0, 0.1) is 11.6 Å². The third-order valence-corrected chi connectivity index (χ3v) is 3.25. The molecule has 1 aliphatic carbocycles. The summed E-state index contributed by atoms with van der Waals surface area (Å²) in [4.78, 5) is 0. The quantitative estimate of drug-likeness (QED) is 0.815. The van der Waals surface area contributed by atoms with Crippen LogP contribution < -0.4 is 10.1 Å². The van der Waals surface area contributed by atoms with Crippen molar-refractivity contribution in [3.8, 4) is 5.75 Å². The monoisotopic (exact) mass is 255 g/mol. The maximum absolute atomic E-state index is 12.9. The lowest BCUT2D eigenvalue weighted by molar-refractivity contribution is 0.287. The van der Waals surface area contributed by atoms with Crippen LogP contribution in [0.25, 0.3) is 0 Å². The van der Waals surface area contributed by atoms with E-state index in [-0.39, 0.29) is 5.75 Å². The van der Waals surface area contributed by atoms with Gasteiger partial charge in [0.15, 0.2) is 0 Å². The molecule has 100 valence electrons. The predicted molar refractivity (Wildman–Crippen MR) is 66.7 cm³/mol. The average Bonchev–Trinajstić information content (AvgIpc) is 2.35. The zero-order valence-corrected chi connectivity index (χ0v) is 10.4. The molecule has 0 amide bonds. The zero-order valence-electron chi connectivity index (χ0n) is 10.4. The van der Waals surface area contributed by atoms with Crippen molar-refractivity contribution in [2.75, 3.05) is 13.2 Å². The molecule has 0 radical (unpaired) electrons. The Morgan fingerprint density at radius 2 is 1.72 bits per heavy atom. The molecule has 1 aromatic rings. The van der Waals surface area contributed by atoms with Crippen LogP contribution in [-0.4, -0.2) is 19.2 Å². The molecule has 1 saturated carbocycles. The van der Waals surface area contributed by atoms with E-state index < -0.39 is 11.6 Å². The maximum Gasteiger partial charge on any atom is 0.129 e. The second-order valence-corrected chi connectivity index (χ2v) is 4.74. The van der Waals surface area contributed by atoms with E-state index in [9.17, 15) is 8.78 Å². The van der Waals surface area contributed by atoms with Gasteiger partial charge in [-0.05, 0) is 12.8 Å². The highest BCUT2D eigenvalue weighted by molar-refractivity contribution is 5.23. The number of hydrogen-bond donors (Lipinski definition) is 1. The van der Waals surface area contributed by atoms with Crippen molar-refractivity contribution in [3.63, 3.8) is 0 Å². The molecule has 18 heavy (non-hydrogen) atoms. The first-order valence-corrected chi connectivity index (χ1v) is 6.56. The van der Waals surface area contributed by atoms with E-state index in [1.54, 1.807) is 0 Å². The summed E-state index contributed by atoms with van der Waals surface area (Å²) in [6, 6.07) is 3.81. The molecule has 2 rings (SSSR count). The fourth-order valence-corrected chi connectivity index (χ4v) is 2.35. The molecule has 0 saturated heterocycles. The van der Waals surface area contributed by atoms with Gasteiger partial charge >= 0.3 is 0 Å². The number of ether oxygens (including phenoxy) is 1. The van der Waals surface area contributed by atoms with Gasteiger partial charge in [0.25, 0.3) is 0 Å². The average molecular weight is 255 g/mol. The van der Waals surface area contributed by atoms with Gasteiger partial charge in [0.05, 0.1) is 0 Å². The fraction of sp³-hybridized carbons (Fsp3) is 0.571. The Kier molecular flexibility index (Phi) is 4.93. The number of hydrogen-bond acceptors (Lipinski definition) is 2. The van der Waals surface area contributed by atoms with Crippen LogP contribution >= 0.6 is 0 Å². The van der Waals surface area contributed by atoms with Crippen LogP contribution in [0.3, 0.4) is 0 Å². The first kappa shape index (κ1) is 13.3. The Hall–Kier alpha value is -1.16. The predicted octanol–water partition coefficient (Wildman–Crippen LogP) is 3.27. The van der Waals surface area contributed by atoms with E-state index >= 15 is 0 Å². The molecule has 0 heterocycles. The molecule has 1 aliphatic rings. The largest absolute Gasteiger partial charge is 0.492 e. The summed E-state index contributed by atoms with van der Waals surface area (Å²) in [7, 11) is 0. The van der Waals surface area contributed by atoms with Gasteiger partial charge in [0, 0.05) is 30.8 Å². The van der Waals surface area contributed by atoms with Crippen molar-refractivity contribution in [1.29, 1.82) is 0 Å². The highest BCUT2D eigenvalue weighted by Crippen LogP contribution is 2.17. The van der Waals surface area contributed by atoms with E-state index in [1.165, 1.54) is 44.2 Å². The molecule has 1 aromatic carbocycles. The van der Waals surface area contributed by atoms with Crippen molar-refractivity contribution in [3.05, 3.63) is 29.8 Å². The van der Waals surface area contributed by atoms with Crippen LogP contribution in [0.2, 0.25) is 0 Å². The summed E-state index contributed by atoms with van der Waals surface area (Å²) in [6.07, 6.45) is 6.34. The second-order valence-electron chi connectivity index (χ2n) is 4.74.